The number of alkyl carbamates (subject to hydrolysis) is 1. The first-order chi connectivity index (χ1) is 14.7. The summed E-state index contributed by atoms with van der Waals surface area (Å²) in [5.41, 5.74) is 4.25. The van der Waals surface area contributed by atoms with Crippen molar-refractivity contribution in [1.29, 1.82) is 0 Å². The minimum absolute atomic E-state index is 0.0242. The normalized spacial score (nSPS) is 12.3. The van der Waals surface area contributed by atoms with Crippen LogP contribution in [0.15, 0.2) is 48.5 Å². The second kappa shape index (κ2) is 12.4. The number of carbonyl (C=O) groups is 1. The van der Waals surface area contributed by atoms with E-state index in [0.29, 0.717) is 19.8 Å². The predicted molar refractivity (Wildman–Crippen MR) is 128 cm³/mol. The van der Waals surface area contributed by atoms with Crippen molar-refractivity contribution in [1.82, 2.24) is 5.32 Å². The van der Waals surface area contributed by atoms with Crippen molar-refractivity contribution in [2.24, 2.45) is 0 Å². The lowest BCUT2D eigenvalue weighted by Gasteiger charge is -2.24. The molecule has 0 aromatic heterocycles. The second-order valence-corrected chi connectivity index (χ2v) is 9.01. The van der Waals surface area contributed by atoms with E-state index in [1.54, 1.807) is 0 Å². The maximum absolute atomic E-state index is 12.3. The lowest BCUT2D eigenvalue weighted by atomic mass is 10.1. The van der Waals surface area contributed by atoms with E-state index in [1.807, 2.05) is 45.0 Å². The molecule has 170 valence electrons. The summed E-state index contributed by atoms with van der Waals surface area (Å²) < 4.78 is 11.2. The monoisotopic (exact) mass is 426 g/mol. The van der Waals surface area contributed by atoms with Crippen LogP contribution in [-0.2, 0) is 16.1 Å². The zero-order valence-corrected chi connectivity index (χ0v) is 19.7. The Morgan fingerprint density at radius 2 is 1.74 bits per heavy atom. The molecule has 0 saturated carbocycles. The number of aryl methyl sites for hydroxylation is 1. The first-order valence-electron chi connectivity index (χ1n) is 11.2. The summed E-state index contributed by atoms with van der Waals surface area (Å²) in [5.74, 6) is 0. The molecule has 0 bridgehead atoms. The Morgan fingerprint density at radius 3 is 2.45 bits per heavy atom. The van der Waals surface area contributed by atoms with Crippen molar-refractivity contribution in [3.8, 4) is 0 Å². The van der Waals surface area contributed by atoms with E-state index >= 15 is 0 Å². The van der Waals surface area contributed by atoms with Crippen molar-refractivity contribution < 1.29 is 14.3 Å². The zero-order chi connectivity index (χ0) is 22.7. The van der Waals surface area contributed by atoms with Gasteiger partial charge in [0.1, 0.15) is 5.60 Å². The number of carbonyl (C=O) groups excluding carboxylic acids is 1. The molecule has 2 N–H and O–H groups in total. The lowest BCUT2D eigenvalue weighted by molar-refractivity contribution is 0.0503. The Morgan fingerprint density at radius 1 is 1.00 bits per heavy atom. The molecule has 2 aromatic carbocycles. The molecule has 1 amide bonds. The van der Waals surface area contributed by atoms with Gasteiger partial charge in [0.25, 0.3) is 0 Å². The van der Waals surface area contributed by atoms with Gasteiger partial charge in [0.2, 0.25) is 0 Å². The van der Waals surface area contributed by atoms with Crippen molar-refractivity contribution >= 4 is 11.8 Å². The number of benzene rings is 2. The topological polar surface area (TPSA) is 59.6 Å². The third-order valence-corrected chi connectivity index (χ3v) is 5.07. The smallest absolute Gasteiger partial charge is 0.407 e. The van der Waals surface area contributed by atoms with Gasteiger partial charge in [-0.2, -0.15) is 0 Å². The van der Waals surface area contributed by atoms with Crippen molar-refractivity contribution in [3.05, 3.63) is 65.2 Å². The number of ether oxygens (including phenoxy) is 2. The summed E-state index contributed by atoms with van der Waals surface area (Å²) in [7, 11) is 0. The Kier molecular flexibility index (Phi) is 9.86. The predicted octanol–water partition coefficient (Wildman–Crippen LogP) is 6.00. The molecule has 0 saturated heterocycles. The first-order valence-corrected chi connectivity index (χ1v) is 11.2. The van der Waals surface area contributed by atoms with E-state index in [-0.39, 0.29) is 12.1 Å². The van der Waals surface area contributed by atoms with Gasteiger partial charge in [0.15, 0.2) is 0 Å². The van der Waals surface area contributed by atoms with E-state index in [2.05, 4.69) is 48.7 Å². The van der Waals surface area contributed by atoms with Gasteiger partial charge >= 0.3 is 6.09 Å². The summed E-state index contributed by atoms with van der Waals surface area (Å²) in [4.78, 5) is 12.3. The third kappa shape index (κ3) is 9.88. The summed E-state index contributed by atoms with van der Waals surface area (Å²) in [6.07, 6.45) is 2.39. The van der Waals surface area contributed by atoms with Crippen LogP contribution >= 0.6 is 0 Å². The lowest BCUT2D eigenvalue weighted by Crippen LogP contribution is -2.42. The van der Waals surface area contributed by atoms with Gasteiger partial charge in [-0.25, -0.2) is 4.79 Å². The van der Waals surface area contributed by atoms with Gasteiger partial charge in [0.05, 0.1) is 6.61 Å². The molecule has 0 aliphatic heterocycles. The van der Waals surface area contributed by atoms with Crippen LogP contribution in [0.3, 0.4) is 0 Å². The molecule has 0 fully saturated rings. The number of hydrogen-bond acceptors (Lipinski definition) is 4. The van der Waals surface area contributed by atoms with Crippen LogP contribution in [0.25, 0.3) is 0 Å². The van der Waals surface area contributed by atoms with E-state index < -0.39 is 5.60 Å². The Balaban J connectivity index is 1.81. The Bertz CT molecular complexity index is 800. The van der Waals surface area contributed by atoms with Gasteiger partial charge < -0.3 is 20.1 Å². The number of rotatable bonds is 11. The number of amides is 1. The van der Waals surface area contributed by atoms with Crippen LogP contribution in [0.5, 0.6) is 0 Å². The highest BCUT2D eigenvalue weighted by atomic mass is 16.6. The maximum atomic E-state index is 12.3. The number of nitrogens with one attached hydrogen (secondary N) is 2. The highest BCUT2D eigenvalue weighted by molar-refractivity contribution is 5.68. The van der Waals surface area contributed by atoms with Crippen molar-refractivity contribution in [2.45, 2.75) is 72.1 Å². The van der Waals surface area contributed by atoms with Gasteiger partial charge in [-0.05, 0) is 76.6 Å². The quantitative estimate of drug-likeness (QED) is 0.433. The van der Waals surface area contributed by atoms with Crippen LogP contribution in [0.2, 0.25) is 0 Å². The summed E-state index contributed by atoms with van der Waals surface area (Å²) in [6.45, 7) is 11.8. The average Bonchev–Trinajstić information content (AvgIpc) is 2.70. The SMILES string of the molecule is Cc1cccc(NC[C@H](CCCCOCc2ccccc2)NC(=O)OC(C)(C)C)c1C. The van der Waals surface area contributed by atoms with Crippen LogP contribution in [0.1, 0.15) is 56.7 Å². The molecule has 0 radical (unpaired) electrons. The fourth-order valence-corrected chi connectivity index (χ4v) is 3.23. The van der Waals surface area contributed by atoms with Crippen molar-refractivity contribution in [3.63, 3.8) is 0 Å². The van der Waals surface area contributed by atoms with Crippen molar-refractivity contribution in [2.75, 3.05) is 18.5 Å². The third-order valence-electron chi connectivity index (χ3n) is 5.07. The van der Waals surface area contributed by atoms with Crippen LogP contribution in [0, 0.1) is 13.8 Å². The largest absolute Gasteiger partial charge is 0.444 e. The van der Waals surface area contributed by atoms with E-state index in [1.165, 1.54) is 16.7 Å². The molecule has 0 aliphatic carbocycles. The highest BCUT2D eigenvalue weighted by Gasteiger charge is 2.19. The molecule has 5 heteroatoms. The fraction of sp³-hybridized carbons (Fsp3) is 0.500. The number of anilines is 1. The fourth-order valence-electron chi connectivity index (χ4n) is 3.23. The Hall–Kier alpha value is -2.53. The van der Waals surface area contributed by atoms with E-state index in [4.69, 9.17) is 9.47 Å². The molecule has 0 unspecified atom stereocenters. The molecular formula is C26H38N2O3. The molecule has 0 spiro atoms. The Labute approximate surface area is 187 Å². The van der Waals surface area contributed by atoms with Gasteiger partial charge in [-0.1, -0.05) is 42.5 Å². The van der Waals surface area contributed by atoms with Crippen LogP contribution < -0.4 is 10.6 Å². The maximum Gasteiger partial charge on any atom is 0.407 e. The summed E-state index contributed by atoms with van der Waals surface area (Å²) >= 11 is 0. The summed E-state index contributed by atoms with van der Waals surface area (Å²) in [6, 6.07) is 16.4. The highest BCUT2D eigenvalue weighted by Crippen LogP contribution is 2.18. The molecule has 0 heterocycles. The minimum Gasteiger partial charge on any atom is -0.444 e. The minimum atomic E-state index is -0.513. The zero-order valence-electron chi connectivity index (χ0n) is 19.7. The molecule has 0 aliphatic rings. The number of unbranched alkanes of at least 4 members (excludes halogenated alkanes) is 1. The molecule has 31 heavy (non-hydrogen) atoms. The van der Waals surface area contributed by atoms with Gasteiger partial charge in [-0.3, -0.25) is 0 Å². The molecular weight excluding hydrogens is 388 g/mol. The van der Waals surface area contributed by atoms with Gasteiger partial charge in [0, 0.05) is 24.9 Å². The van der Waals surface area contributed by atoms with Crippen LogP contribution in [0.4, 0.5) is 10.5 Å². The molecule has 2 aromatic rings. The van der Waals surface area contributed by atoms with Gasteiger partial charge in [-0.15, -0.1) is 0 Å². The molecule has 5 nitrogen and oxygen atoms in total. The van der Waals surface area contributed by atoms with E-state index in [0.717, 1.165) is 24.9 Å². The first kappa shape index (κ1) is 24.7. The second-order valence-electron chi connectivity index (χ2n) is 9.01. The van der Waals surface area contributed by atoms with E-state index in [9.17, 15) is 4.79 Å². The standard InChI is InChI=1S/C26H38N2O3/c1-20-12-11-16-24(21(20)2)27-18-23(28-25(29)31-26(3,4)5)15-9-10-17-30-19-22-13-7-6-8-14-22/h6-8,11-14,16,23,27H,9-10,15,17-19H2,1-5H3,(H,28,29)/t23-/m0/s1. The molecule has 1 atom stereocenters. The average molecular weight is 427 g/mol. The summed E-state index contributed by atoms with van der Waals surface area (Å²) in [5, 5.41) is 6.52. The van der Waals surface area contributed by atoms with Crippen LogP contribution in [-0.4, -0.2) is 30.9 Å². The molecule has 2 rings (SSSR count). The number of hydrogen-bond donors (Lipinski definition) is 2.